The molecular formula is C42H51FN6O6. The molecule has 13 heteroatoms. The van der Waals surface area contributed by atoms with Crippen molar-refractivity contribution in [2.75, 3.05) is 38.1 Å². The number of piperazine rings is 1. The maximum atomic E-state index is 14.4. The Labute approximate surface area is 322 Å². The molecule has 55 heavy (non-hydrogen) atoms. The van der Waals surface area contributed by atoms with Crippen molar-refractivity contribution >= 4 is 35.7 Å². The topological polar surface area (TPSA) is 143 Å². The maximum Gasteiger partial charge on any atom is 0.255 e. The largest absolute Gasteiger partial charge is 0.489 e. The molecule has 2 atom stereocenters. The van der Waals surface area contributed by atoms with Crippen molar-refractivity contribution in [3.8, 4) is 11.8 Å². The molecular weight excluding hydrogens is 703 g/mol. The van der Waals surface area contributed by atoms with E-state index < -0.39 is 6.04 Å². The minimum absolute atomic E-state index is 0.0461. The minimum atomic E-state index is -0.650. The lowest BCUT2D eigenvalue weighted by atomic mass is 10.0. The predicted octanol–water partition coefficient (Wildman–Crippen LogP) is 5.42. The van der Waals surface area contributed by atoms with Gasteiger partial charge in [0.25, 0.3) is 11.8 Å². The van der Waals surface area contributed by atoms with Crippen LogP contribution >= 0.6 is 0 Å². The molecule has 0 bridgehead atoms. The molecule has 6 rings (SSSR count). The minimum Gasteiger partial charge on any atom is -0.489 e. The Morgan fingerprint density at radius 1 is 1.04 bits per heavy atom. The van der Waals surface area contributed by atoms with Gasteiger partial charge in [0, 0.05) is 63.2 Å². The van der Waals surface area contributed by atoms with Gasteiger partial charge in [0.2, 0.25) is 18.2 Å². The van der Waals surface area contributed by atoms with E-state index in [2.05, 4.69) is 22.3 Å². The zero-order valence-electron chi connectivity index (χ0n) is 32.3. The molecule has 2 fully saturated rings. The van der Waals surface area contributed by atoms with Crippen LogP contribution in [0.5, 0.6) is 5.75 Å². The van der Waals surface area contributed by atoms with Crippen molar-refractivity contribution in [3.05, 3.63) is 94.3 Å². The van der Waals surface area contributed by atoms with E-state index in [0.717, 1.165) is 48.5 Å². The highest BCUT2D eigenvalue weighted by Crippen LogP contribution is 2.34. The van der Waals surface area contributed by atoms with Gasteiger partial charge >= 0.3 is 0 Å². The van der Waals surface area contributed by atoms with E-state index in [1.807, 2.05) is 56.9 Å². The third kappa shape index (κ3) is 10.5. The highest BCUT2D eigenvalue weighted by atomic mass is 19.1. The second kappa shape index (κ2) is 20.2. The molecule has 0 aliphatic carbocycles. The van der Waals surface area contributed by atoms with E-state index in [4.69, 9.17) is 10.00 Å². The fourth-order valence-corrected chi connectivity index (χ4v) is 6.80. The summed E-state index contributed by atoms with van der Waals surface area (Å²) in [6.45, 7) is 12.2. The lowest BCUT2D eigenvalue weighted by molar-refractivity contribution is -0.150. The summed E-state index contributed by atoms with van der Waals surface area (Å²) in [6.07, 6.45) is 2.79. The molecule has 292 valence electrons. The van der Waals surface area contributed by atoms with Crippen molar-refractivity contribution in [1.29, 1.82) is 5.26 Å². The van der Waals surface area contributed by atoms with Crippen molar-refractivity contribution < 1.29 is 33.1 Å². The number of likely N-dealkylation sites (N-methyl/N-ethyl adjacent to an activating group) is 1. The van der Waals surface area contributed by atoms with Gasteiger partial charge in [-0.2, -0.15) is 5.26 Å². The van der Waals surface area contributed by atoms with E-state index >= 15 is 0 Å². The third-order valence-electron chi connectivity index (χ3n) is 9.93. The van der Waals surface area contributed by atoms with Crippen LogP contribution in [0.4, 0.5) is 10.1 Å². The van der Waals surface area contributed by atoms with E-state index in [0.29, 0.717) is 55.1 Å². The standard InChI is InChI=1S/C33H32FN5O4.C7H13NO2.C2H6/c1-36-31(40)12-11-29(33(36)42)39-20-26-25(32(39)41)3-2-4-30(26)43-21-23-7-5-22(6-8-23)19-37-13-15-38(16-14-37)28-10-9-24(18-35)17-27(28)34;1-3-4-6(2)7(10)8-5-9;1-2/h2-10,17,29H,11-16,19-21H2,1H3;5-6H,3-4H2,1-2H3,(H,8,9,10);1-2H3. The van der Waals surface area contributed by atoms with Gasteiger partial charge in [0.15, 0.2) is 0 Å². The number of benzene rings is 3. The van der Waals surface area contributed by atoms with E-state index in [1.54, 1.807) is 29.2 Å². The Morgan fingerprint density at radius 3 is 2.36 bits per heavy atom. The second-order valence-electron chi connectivity index (χ2n) is 13.5. The molecule has 12 nitrogen and oxygen atoms in total. The highest BCUT2D eigenvalue weighted by molar-refractivity contribution is 6.05. The summed E-state index contributed by atoms with van der Waals surface area (Å²) >= 11 is 0. The number of hydrogen-bond donors (Lipinski definition) is 1. The van der Waals surface area contributed by atoms with Crippen LogP contribution in [-0.2, 0) is 38.9 Å². The number of hydrogen-bond acceptors (Lipinski definition) is 9. The lowest BCUT2D eigenvalue weighted by Crippen LogP contribution is -2.53. The number of likely N-dealkylation sites (tertiary alicyclic amines) is 1. The first-order chi connectivity index (χ1) is 26.5. The number of piperidine rings is 1. The zero-order chi connectivity index (χ0) is 40.1. The van der Waals surface area contributed by atoms with Gasteiger partial charge in [-0.25, -0.2) is 4.39 Å². The maximum absolute atomic E-state index is 14.4. The normalized spacial score (nSPS) is 17.2. The lowest BCUT2D eigenvalue weighted by Gasteiger charge is -2.36. The number of nitrogens with zero attached hydrogens (tertiary/aromatic N) is 5. The van der Waals surface area contributed by atoms with Gasteiger partial charge in [-0.05, 0) is 54.3 Å². The summed E-state index contributed by atoms with van der Waals surface area (Å²) in [6, 6.07) is 19.5. The van der Waals surface area contributed by atoms with Crippen molar-refractivity contribution in [1.82, 2.24) is 20.0 Å². The Bertz CT molecular complexity index is 1870. The summed E-state index contributed by atoms with van der Waals surface area (Å²) < 4.78 is 20.6. The molecule has 3 aliphatic heterocycles. The Hall–Kier alpha value is -5.61. The van der Waals surface area contributed by atoms with E-state index in [9.17, 15) is 28.4 Å². The molecule has 2 saturated heterocycles. The van der Waals surface area contributed by atoms with Crippen LogP contribution in [0.3, 0.4) is 0 Å². The molecule has 5 amide bonds. The molecule has 1 N–H and O–H groups in total. The van der Waals surface area contributed by atoms with Crippen LogP contribution in [0.2, 0.25) is 0 Å². The first-order valence-corrected chi connectivity index (χ1v) is 18.9. The number of amides is 5. The van der Waals surface area contributed by atoms with Gasteiger partial charge in [-0.3, -0.25) is 39.1 Å². The first-order valence-electron chi connectivity index (χ1n) is 18.9. The van der Waals surface area contributed by atoms with Gasteiger partial charge in [-0.15, -0.1) is 0 Å². The van der Waals surface area contributed by atoms with Gasteiger partial charge in [-0.1, -0.05) is 64.4 Å². The number of fused-ring (bicyclic) bond motifs is 1. The molecule has 0 spiro atoms. The SMILES string of the molecule is CC.CCCC(C)C(=O)NC=O.CN1C(=O)CCC(N2Cc3c(OCc4ccc(CN5CCN(c6ccc(C#N)cc6F)CC5)cc4)cccc3C2=O)C1=O. The smallest absolute Gasteiger partial charge is 0.255 e. The number of nitrogens with one attached hydrogen (secondary N) is 1. The molecule has 0 aromatic heterocycles. The molecule has 0 radical (unpaired) electrons. The summed E-state index contributed by atoms with van der Waals surface area (Å²) in [5, 5.41) is 11.1. The number of ether oxygens (including phenoxy) is 1. The second-order valence-corrected chi connectivity index (χ2v) is 13.5. The molecule has 3 aromatic rings. The van der Waals surface area contributed by atoms with E-state index in [-0.39, 0.29) is 48.3 Å². The molecule has 2 unspecified atom stereocenters. The van der Waals surface area contributed by atoms with Crippen LogP contribution < -0.4 is 15.0 Å². The summed E-state index contributed by atoms with van der Waals surface area (Å²) in [7, 11) is 1.46. The molecule has 3 aliphatic rings. The number of nitriles is 1. The fraction of sp³-hybridized carbons (Fsp3) is 0.429. The average molecular weight is 755 g/mol. The fourth-order valence-electron chi connectivity index (χ4n) is 6.80. The van der Waals surface area contributed by atoms with Gasteiger partial charge in [0.05, 0.1) is 23.9 Å². The van der Waals surface area contributed by atoms with Gasteiger partial charge < -0.3 is 14.5 Å². The highest BCUT2D eigenvalue weighted by Gasteiger charge is 2.42. The average Bonchev–Trinajstić information content (AvgIpc) is 3.54. The van der Waals surface area contributed by atoms with Crippen molar-refractivity contribution in [3.63, 3.8) is 0 Å². The third-order valence-corrected chi connectivity index (χ3v) is 9.93. The number of anilines is 1. The predicted molar refractivity (Wildman–Crippen MR) is 206 cm³/mol. The first kappa shape index (κ1) is 42.1. The molecule has 3 heterocycles. The van der Waals surface area contributed by atoms with Crippen LogP contribution in [0.1, 0.15) is 86.0 Å². The number of carbonyl (C=O) groups excluding carboxylic acids is 5. The Kier molecular flexibility index (Phi) is 15.5. The number of carbonyl (C=O) groups is 5. The summed E-state index contributed by atoms with van der Waals surface area (Å²) in [4.78, 5) is 65.4. The Balaban J connectivity index is 0.000000489. The summed E-state index contributed by atoms with van der Waals surface area (Å²) in [5.74, 6) is -0.761. The molecule has 3 aromatic carbocycles. The summed E-state index contributed by atoms with van der Waals surface area (Å²) in [5.41, 5.74) is 4.31. The van der Waals surface area contributed by atoms with Crippen LogP contribution in [0.15, 0.2) is 60.7 Å². The van der Waals surface area contributed by atoms with Crippen LogP contribution in [0.25, 0.3) is 0 Å². The van der Waals surface area contributed by atoms with E-state index in [1.165, 1.54) is 18.7 Å². The number of imide groups is 2. The monoisotopic (exact) mass is 754 g/mol. The van der Waals surface area contributed by atoms with Crippen LogP contribution in [0, 0.1) is 23.1 Å². The van der Waals surface area contributed by atoms with Crippen molar-refractivity contribution in [2.45, 2.75) is 79.1 Å². The quantitative estimate of drug-likeness (QED) is 0.201. The number of halogens is 1. The van der Waals surface area contributed by atoms with Crippen molar-refractivity contribution in [2.24, 2.45) is 5.92 Å². The van der Waals surface area contributed by atoms with Gasteiger partial charge in [0.1, 0.15) is 24.2 Å². The zero-order valence-corrected chi connectivity index (χ0v) is 32.3. The molecule has 0 saturated carbocycles. The number of rotatable bonds is 11. The van der Waals surface area contributed by atoms with Crippen LogP contribution in [-0.4, -0.2) is 84.0 Å². The Morgan fingerprint density at radius 2 is 1.73 bits per heavy atom.